The predicted molar refractivity (Wildman–Crippen MR) is 126 cm³/mol. The van der Waals surface area contributed by atoms with Gasteiger partial charge in [0.25, 0.3) is 10.1 Å². The fourth-order valence-corrected chi connectivity index (χ4v) is 6.26. The van der Waals surface area contributed by atoms with Gasteiger partial charge in [0.1, 0.15) is 16.4 Å². The molecule has 11 heteroatoms. The summed E-state index contributed by atoms with van der Waals surface area (Å²) in [5, 5.41) is 0. The van der Waals surface area contributed by atoms with E-state index in [-0.39, 0.29) is 23.4 Å². The maximum atomic E-state index is 12.2. The lowest BCUT2D eigenvalue weighted by atomic mass is 10.3. The molecule has 0 unspecified atom stereocenters. The summed E-state index contributed by atoms with van der Waals surface area (Å²) in [6.45, 7) is 1.39. The number of carbonyl (C=O) groups excluding carboxylic acids is 2. The number of benzene rings is 2. The summed E-state index contributed by atoms with van der Waals surface area (Å²) in [5.74, 6) is -1.12. The van der Waals surface area contributed by atoms with Crippen LogP contribution >= 0.6 is 67.8 Å². The summed E-state index contributed by atoms with van der Waals surface area (Å²) in [5.41, 5.74) is -0.000570. The number of hydrogen-bond donors (Lipinski definition) is 1. The molecule has 0 amide bonds. The van der Waals surface area contributed by atoms with Crippen LogP contribution in [-0.4, -0.2) is 24.9 Å². The van der Waals surface area contributed by atoms with Crippen LogP contribution < -0.4 is 9.47 Å². The SMILES string of the molecule is C/C(=C/C(=O)Oc1ccc(I)cc1)C(=O)Oc1cc(I)c(S(=O)(=O)O)c(I)c1. The molecule has 148 valence electrons. The summed E-state index contributed by atoms with van der Waals surface area (Å²) < 4.78 is 43.6. The largest absolute Gasteiger partial charge is 0.423 e. The van der Waals surface area contributed by atoms with E-state index in [1.165, 1.54) is 19.1 Å². The van der Waals surface area contributed by atoms with E-state index in [2.05, 4.69) is 22.6 Å². The number of ether oxygens (including phenoxy) is 2. The average molecular weight is 740 g/mol. The van der Waals surface area contributed by atoms with Gasteiger partial charge in [-0.15, -0.1) is 0 Å². The zero-order valence-electron chi connectivity index (χ0n) is 14.0. The molecule has 2 aromatic carbocycles. The predicted octanol–water partition coefficient (Wildman–Crippen LogP) is 4.20. The molecule has 28 heavy (non-hydrogen) atoms. The minimum absolute atomic E-state index is 0.000570. The molecule has 0 saturated carbocycles. The highest BCUT2D eigenvalue weighted by molar-refractivity contribution is 14.1. The minimum atomic E-state index is -4.40. The molecular weight excluding hydrogens is 729 g/mol. The highest BCUT2D eigenvalue weighted by Gasteiger charge is 2.21. The Bertz CT molecular complexity index is 1040. The van der Waals surface area contributed by atoms with Crippen molar-refractivity contribution in [3.8, 4) is 11.5 Å². The van der Waals surface area contributed by atoms with Crippen LogP contribution in [0.15, 0.2) is 52.9 Å². The molecule has 2 aromatic rings. The first-order valence-electron chi connectivity index (χ1n) is 7.32. The van der Waals surface area contributed by atoms with Crippen molar-refractivity contribution in [3.63, 3.8) is 0 Å². The molecule has 0 saturated heterocycles. The molecule has 0 aromatic heterocycles. The van der Waals surface area contributed by atoms with Crippen molar-refractivity contribution in [1.82, 2.24) is 0 Å². The van der Waals surface area contributed by atoms with Crippen LogP contribution in [0.4, 0.5) is 0 Å². The lowest BCUT2D eigenvalue weighted by Gasteiger charge is -2.09. The van der Waals surface area contributed by atoms with Crippen LogP contribution in [0.3, 0.4) is 0 Å². The molecule has 0 fully saturated rings. The van der Waals surface area contributed by atoms with E-state index in [9.17, 15) is 22.6 Å². The van der Waals surface area contributed by atoms with E-state index < -0.39 is 22.1 Å². The van der Waals surface area contributed by atoms with E-state index in [4.69, 9.17) is 9.47 Å². The Labute approximate surface area is 202 Å². The maximum absolute atomic E-state index is 12.2. The van der Waals surface area contributed by atoms with Gasteiger partial charge in [0.15, 0.2) is 0 Å². The number of esters is 2. The Morgan fingerprint density at radius 3 is 2.00 bits per heavy atom. The van der Waals surface area contributed by atoms with Gasteiger partial charge in [-0.25, -0.2) is 9.59 Å². The highest BCUT2D eigenvalue weighted by atomic mass is 127. The monoisotopic (exact) mass is 740 g/mol. The molecule has 2 rings (SSSR count). The van der Waals surface area contributed by atoms with E-state index in [1.54, 1.807) is 69.4 Å². The molecule has 7 nitrogen and oxygen atoms in total. The highest BCUT2D eigenvalue weighted by Crippen LogP contribution is 2.29. The lowest BCUT2D eigenvalue weighted by Crippen LogP contribution is -2.13. The average Bonchev–Trinajstić information content (AvgIpc) is 2.54. The van der Waals surface area contributed by atoms with Gasteiger partial charge >= 0.3 is 11.9 Å². The molecule has 0 spiro atoms. The fraction of sp³-hybridized carbons (Fsp3) is 0.0588. The van der Waals surface area contributed by atoms with Crippen LogP contribution in [0.5, 0.6) is 11.5 Å². The quantitative estimate of drug-likeness (QED) is 0.161. The third kappa shape index (κ3) is 6.64. The van der Waals surface area contributed by atoms with Gasteiger partial charge in [0.2, 0.25) is 0 Å². The second-order valence-corrected chi connectivity index (χ2v) is 10.2. The summed E-state index contributed by atoms with van der Waals surface area (Å²) >= 11 is 5.54. The summed E-state index contributed by atoms with van der Waals surface area (Å²) in [6.07, 6.45) is 1.00. The Hall–Kier alpha value is -0.780. The Morgan fingerprint density at radius 2 is 1.50 bits per heavy atom. The van der Waals surface area contributed by atoms with Crippen molar-refractivity contribution in [2.24, 2.45) is 0 Å². The van der Waals surface area contributed by atoms with Crippen molar-refractivity contribution in [2.45, 2.75) is 11.8 Å². The Kier molecular flexibility index (Phi) is 8.24. The van der Waals surface area contributed by atoms with Gasteiger partial charge in [-0.1, -0.05) is 0 Å². The maximum Gasteiger partial charge on any atom is 0.339 e. The number of carbonyl (C=O) groups is 2. The van der Waals surface area contributed by atoms with Gasteiger partial charge in [-0.3, -0.25) is 4.55 Å². The second kappa shape index (κ2) is 9.82. The smallest absolute Gasteiger partial charge is 0.339 e. The van der Waals surface area contributed by atoms with Crippen LogP contribution in [0, 0.1) is 10.7 Å². The fourth-order valence-electron chi connectivity index (χ4n) is 1.91. The standard InChI is InChI=1S/C17H11I3O7S/c1-9(6-15(21)26-11-4-2-10(18)3-5-11)17(22)27-12-7-13(19)16(14(20)8-12)28(23,24)25/h2-8H,1H3,(H,23,24,25)/b9-6-. The van der Waals surface area contributed by atoms with Gasteiger partial charge in [-0.2, -0.15) is 8.42 Å². The third-order valence-electron chi connectivity index (χ3n) is 3.13. The molecule has 0 atom stereocenters. The zero-order valence-corrected chi connectivity index (χ0v) is 21.3. The summed E-state index contributed by atoms with van der Waals surface area (Å²) in [7, 11) is -4.40. The topological polar surface area (TPSA) is 107 Å². The number of hydrogen-bond acceptors (Lipinski definition) is 6. The van der Waals surface area contributed by atoms with Crippen molar-refractivity contribution in [2.75, 3.05) is 0 Å². The first kappa shape index (κ1) is 23.5. The van der Waals surface area contributed by atoms with Crippen LogP contribution in [-0.2, 0) is 19.7 Å². The van der Waals surface area contributed by atoms with E-state index in [0.29, 0.717) is 5.75 Å². The Balaban J connectivity index is 2.12. The van der Waals surface area contributed by atoms with Crippen molar-refractivity contribution in [1.29, 1.82) is 0 Å². The van der Waals surface area contributed by atoms with E-state index in [1.807, 2.05) is 0 Å². The first-order chi connectivity index (χ1) is 13.0. The number of halogens is 3. The molecule has 0 aliphatic heterocycles. The number of rotatable bonds is 5. The van der Waals surface area contributed by atoms with Gasteiger partial charge in [-0.05, 0) is 111 Å². The van der Waals surface area contributed by atoms with Gasteiger partial charge in [0.05, 0.1) is 0 Å². The molecule has 0 bridgehead atoms. The zero-order chi connectivity index (χ0) is 21.1. The first-order valence-corrected chi connectivity index (χ1v) is 12.0. The van der Waals surface area contributed by atoms with Crippen LogP contribution in [0.2, 0.25) is 0 Å². The molecule has 0 aliphatic rings. The molecular formula is C17H11I3O7S. The van der Waals surface area contributed by atoms with Crippen molar-refractivity contribution in [3.05, 3.63) is 58.8 Å². The van der Waals surface area contributed by atoms with Crippen LogP contribution in [0.25, 0.3) is 0 Å². The second-order valence-electron chi connectivity index (χ2n) is 5.28. The summed E-state index contributed by atoms with van der Waals surface area (Å²) in [4.78, 5) is 23.8. The minimum Gasteiger partial charge on any atom is -0.423 e. The van der Waals surface area contributed by atoms with Gasteiger partial charge < -0.3 is 9.47 Å². The summed E-state index contributed by atoms with van der Waals surface area (Å²) in [6, 6.07) is 9.38. The van der Waals surface area contributed by atoms with Gasteiger partial charge in [0, 0.05) is 22.4 Å². The van der Waals surface area contributed by atoms with E-state index >= 15 is 0 Å². The lowest BCUT2D eigenvalue weighted by molar-refractivity contribution is -0.132. The molecule has 0 heterocycles. The van der Waals surface area contributed by atoms with E-state index in [0.717, 1.165) is 9.65 Å². The third-order valence-corrected chi connectivity index (χ3v) is 7.24. The van der Waals surface area contributed by atoms with Crippen molar-refractivity contribution < 1.29 is 32.0 Å². The molecule has 1 N–H and O–H groups in total. The Morgan fingerprint density at radius 1 is 0.964 bits per heavy atom. The normalized spacial score (nSPS) is 11.8. The van der Waals surface area contributed by atoms with Crippen LogP contribution in [0.1, 0.15) is 6.92 Å². The molecule has 0 aliphatic carbocycles. The van der Waals surface area contributed by atoms with Crippen molar-refractivity contribution >= 4 is 89.8 Å². The molecule has 0 radical (unpaired) electrons.